The molecule has 10 nitrogen and oxygen atoms in total. The van der Waals surface area contributed by atoms with Crippen molar-refractivity contribution < 1.29 is 24.0 Å². The molecule has 1 aliphatic rings. The van der Waals surface area contributed by atoms with E-state index in [4.69, 9.17) is 5.73 Å². The largest absolute Gasteiger partial charge is 0.368 e. The average molecular weight is 622 g/mol. The van der Waals surface area contributed by atoms with Crippen LogP contribution in [0.15, 0.2) is 24.3 Å². The summed E-state index contributed by atoms with van der Waals surface area (Å²) in [6.45, 7) is 10.8. The van der Waals surface area contributed by atoms with Gasteiger partial charge in [0.25, 0.3) is 0 Å². The normalized spacial score (nSPS) is 24.2. The molecule has 0 aliphatic carbocycles. The number of carbonyl (C=O) groups is 5. The van der Waals surface area contributed by atoms with Gasteiger partial charge in [0.1, 0.15) is 23.7 Å². The third kappa shape index (κ3) is 11.5. The smallest absolute Gasteiger partial charge is 0.245 e. The number of fused-ring (bicyclic) bond motifs is 2. The van der Waals surface area contributed by atoms with E-state index < -0.39 is 47.3 Å². The van der Waals surface area contributed by atoms with Gasteiger partial charge in [-0.3, -0.25) is 24.0 Å². The number of rotatable bonds is 5. The molecule has 6 N–H and O–H groups in total. The molecule has 1 heterocycles. The van der Waals surface area contributed by atoms with Crippen LogP contribution >= 0.6 is 23.5 Å². The molecule has 0 fully saturated rings. The maximum Gasteiger partial charge on any atom is 0.245 e. The molecule has 2 rings (SSSR count). The minimum absolute atomic E-state index is 0.0565. The molecule has 234 valence electrons. The first-order valence-corrected chi connectivity index (χ1v) is 16.8. The van der Waals surface area contributed by atoms with Gasteiger partial charge in [0.15, 0.2) is 0 Å². The van der Waals surface area contributed by atoms with Crippen LogP contribution in [0.1, 0.15) is 71.9 Å². The van der Waals surface area contributed by atoms with Crippen LogP contribution in [0.25, 0.3) is 0 Å². The van der Waals surface area contributed by atoms with Crippen LogP contribution in [0.2, 0.25) is 0 Å². The zero-order valence-corrected chi connectivity index (χ0v) is 27.2. The highest BCUT2D eigenvalue weighted by molar-refractivity contribution is 7.98. The number of amides is 5. The number of thioether (sulfide) groups is 2. The predicted molar refractivity (Wildman–Crippen MR) is 170 cm³/mol. The number of hydrogen-bond acceptors (Lipinski definition) is 7. The summed E-state index contributed by atoms with van der Waals surface area (Å²) >= 11 is 3.10. The van der Waals surface area contributed by atoms with Crippen molar-refractivity contribution in [2.45, 2.75) is 96.0 Å². The third-order valence-electron chi connectivity index (χ3n) is 7.09. The van der Waals surface area contributed by atoms with E-state index in [9.17, 15) is 24.0 Å². The second kappa shape index (κ2) is 16.8. The van der Waals surface area contributed by atoms with Crippen molar-refractivity contribution in [2.75, 3.05) is 11.5 Å². The highest BCUT2D eigenvalue weighted by atomic mass is 32.2. The molecule has 12 heteroatoms. The Balaban J connectivity index is 2.37. The molecule has 42 heavy (non-hydrogen) atoms. The minimum atomic E-state index is -1.26. The van der Waals surface area contributed by atoms with Gasteiger partial charge in [-0.05, 0) is 43.2 Å². The maximum atomic E-state index is 13.5. The molecule has 5 amide bonds. The van der Waals surface area contributed by atoms with E-state index >= 15 is 0 Å². The molecule has 0 spiro atoms. The van der Waals surface area contributed by atoms with Crippen LogP contribution in [0.5, 0.6) is 0 Å². The summed E-state index contributed by atoms with van der Waals surface area (Å²) in [6.07, 6.45) is 1.16. The van der Waals surface area contributed by atoms with E-state index in [2.05, 4.69) is 27.3 Å². The summed E-state index contributed by atoms with van der Waals surface area (Å²) in [7, 11) is 0. The van der Waals surface area contributed by atoms with Gasteiger partial charge in [0.05, 0.1) is 0 Å². The average Bonchev–Trinajstić information content (AvgIpc) is 2.91. The van der Waals surface area contributed by atoms with Crippen LogP contribution in [0.4, 0.5) is 0 Å². The second-order valence-electron chi connectivity index (χ2n) is 11.8. The molecule has 0 unspecified atom stereocenters. The fourth-order valence-corrected chi connectivity index (χ4v) is 6.29. The van der Waals surface area contributed by atoms with Gasteiger partial charge < -0.3 is 27.0 Å². The molecular formula is C30H47N5O5S2. The highest BCUT2D eigenvalue weighted by Crippen LogP contribution is 2.19. The molecule has 1 aromatic rings. The zero-order valence-electron chi connectivity index (χ0n) is 25.6. The summed E-state index contributed by atoms with van der Waals surface area (Å²) in [4.78, 5) is 65.1. The molecule has 0 saturated heterocycles. The summed E-state index contributed by atoms with van der Waals surface area (Å²) in [6, 6.07) is 5.28. The summed E-state index contributed by atoms with van der Waals surface area (Å²) < 4.78 is 0. The Hall–Kier alpha value is -2.73. The summed E-state index contributed by atoms with van der Waals surface area (Å²) in [5.74, 6) is -0.428. The second-order valence-corrected chi connectivity index (χ2v) is 13.9. The van der Waals surface area contributed by atoms with Crippen LogP contribution in [0, 0.1) is 11.8 Å². The molecule has 0 radical (unpaired) electrons. The molecular weight excluding hydrogens is 574 g/mol. The van der Waals surface area contributed by atoms with Gasteiger partial charge in [-0.15, -0.1) is 0 Å². The van der Waals surface area contributed by atoms with Crippen molar-refractivity contribution >= 4 is 53.1 Å². The van der Waals surface area contributed by atoms with Gasteiger partial charge >= 0.3 is 0 Å². The molecule has 4 atom stereocenters. The number of primary amides is 1. The van der Waals surface area contributed by atoms with Gasteiger partial charge in [-0.25, -0.2) is 0 Å². The summed E-state index contributed by atoms with van der Waals surface area (Å²) in [5, 5.41) is 11.1. The lowest BCUT2D eigenvalue weighted by atomic mass is 9.96. The van der Waals surface area contributed by atoms with E-state index in [0.717, 1.165) is 16.9 Å². The quantitative estimate of drug-likeness (QED) is 0.338. The van der Waals surface area contributed by atoms with Gasteiger partial charge in [0, 0.05) is 29.4 Å². The van der Waals surface area contributed by atoms with Crippen molar-refractivity contribution in [2.24, 2.45) is 17.6 Å². The lowest BCUT2D eigenvalue weighted by Crippen LogP contribution is -2.61. The molecule has 1 aromatic carbocycles. The first kappa shape index (κ1) is 35.5. The van der Waals surface area contributed by atoms with Crippen molar-refractivity contribution in [3.05, 3.63) is 35.4 Å². The fourth-order valence-electron chi connectivity index (χ4n) is 4.38. The van der Waals surface area contributed by atoms with Crippen LogP contribution in [0.3, 0.4) is 0 Å². The Morgan fingerprint density at radius 3 is 2.24 bits per heavy atom. The Bertz CT molecular complexity index is 1110. The molecule has 0 aromatic heterocycles. The monoisotopic (exact) mass is 621 g/mol. The van der Waals surface area contributed by atoms with Gasteiger partial charge in [0.2, 0.25) is 29.5 Å². The van der Waals surface area contributed by atoms with Crippen LogP contribution < -0.4 is 27.0 Å². The van der Waals surface area contributed by atoms with Crippen LogP contribution in [-0.2, 0) is 35.5 Å². The zero-order chi connectivity index (χ0) is 31.4. The van der Waals surface area contributed by atoms with Gasteiger partial charge in [-0.2, -0.15) is 23.5 Å². The standard InChI is InChI=1S/C30H47N5O5S2/c1-7-19(4)25-28(39)32-23(26(31)37)17-42-16-21-10-8-9-20(14-21)15-41-12-11-24(36)35-30(5,6)29(40)33-22(13-18(2)3)27(38)34-25/h8-10,14,18-19,22-23,25H,7,11-13,15-17H2,1-6H3,(H2,31,37)(H,32,39)(H,33,40)(H,34,38)(H,35,36)/t19-,22-,23-,25-/m0/s1. The first-order chi connectivity index (χ1) is 19.7. The number of nitrogens with two attached hydrogens (primary N) is 1. The Morgan fingerprint density at radius 2 is 1.64 bits per heavy atom. The lowest BCUT2D eigenvalue weighted by Gasteiger charge is -2.31. The summed E-state index contributed by atoms with van der Waals surface area (Å²) in [5.41, 5.74) is 6.57. The molecule has 1 aliphatic heterocycles. The Kier molecular flexibility index (Phi) is 14.2. The van der Waals surface area contributed by atoms with Crippen molar-refractivity contribution in [1.82, 2.24) is 21.3 Å². The molecule has 0 saturated carbocycles. The van der Waals surface area contributed by atoms with E-state index in [1.165, 1.54) is 11.8 Å². The van der Waals surface area contributed by atoms with Crippen LogP contribution in [-0.4, -0.2) is 64.7 Å². The molecule has 2 bridgehead atoms. The number of carbonyl (C=O) groups excluding carboxylic acids is 5. The Morgan fingerprint density at radius 1 is 1.00 bits per heavy atom. The topological polar surface area (TPSA) is 159 Å². The van der Waals surface area contributed by atoms with E-state index in [1.807, 2.05) is 45.9 Å². The van der Waals surface area contributed by atoms with Gasteiger partial charge in [-0.1, -0.05) is 58.4 Å². The highest BCUT2D eigenvalue weighted by Gasteiger charge is 2.35. The minimum Gasteiger partial charge on any atom is -0.368 e. The lowest BCUT2D eigenvalue weighted by molar-refractivity contribution is -0.136. The van der Waals surface area contributed by atoms with E-state index in [1.54, 1.807) is 25.6 Å². The van der Waals surface area contributed by atoms with E-state index in [-0.39, 0.29) is 29.9 Å². The number of nitrogens with one attached hydrogen (secondary N) is 4. The maximum absolute atomic E-state index is 13.5. The van der Waals surface area contributed by atoms with Crippen molar-refractivity contribution in [1.29, 1.82) is 0 Å². The van der Waals surface area contributed by atoms with Crippen molar-refractivity contribution in [3.8, 4) is 0 Å². The first-order valence-electron chi connectivity index (χ1n) is 14.5. The van der Waals surface area contributed by atoms with E-state index in [0.29, 0.717) is 24.3 Å². The Labute approximate surface area is 258 Å². The predicted octanol–water partition coefficient (Wildman–Crippen LogP) is 2.48. The third-order valence-corrected chi connectivity index (χ3v) is 9.23. The fraction of sp³-hybridized carbons (Fsp3) is 0.633. The number of benzene rings is 1. The number of hydrogen-bond donors (Lipinski definition) is 5. The SMILES string of the molecule is CC[C@H](C)[C@@H]1NC(=O)[C@H](CC(C)C)NC(=O)C(C)(C)NC(=O)CCSCc2cccc(c2)CSC[C@@H](C(N)=O)NC1=O. The van der Waals surface area contributed by atoms with Crippen molar-refractivity contribution in [3.63, 3.8) is 0 Å².